The van der Waals surface area contributed by atoms with Gasteiger partial charge in [-0.2, -0.15) is 0 Å². The minimum Gasteiger partial charge on any atom is -0.469 e. The molecule has 0 saturated heterocycles. The number of rotatable bonds is 12. The Bertz CT molecular complexity index is 553. The quantitative estimate of drug-likeness (QED) is 0.388. The van der Waals surface area contributed by atoms with Crippen LogP contribution < -0.4 is 0 Å². The molecule has 2 rings (SSSR count). The van der Waals surface area contributed by atoms with Crippen LogP contribution in [0.1, 0.15) is 78.1 Å². The van der Waals surface area contributed by atoms with E-state index in [1.807, 2.05) is 6.08 Å². The molecule has 2 fully saturated rings. The van der Waals surface area contributed by atoms with Crippen molar-refractivity contribution in [2.45, 2.75) is 89.8 Å². The van der Waals surface area contributed by atoms with Crippen molar-refractivity contribution in [3.05, 3.63) is 12.2 Å². The molecule has 2 aliphatic carbocycles. The van der Waals surface area contributed by atoms with E-state index in [-0.39, 0.29) is 17.8 Å². The number of ketones is 1. The number of aliphatic hydroxyl groups excluding tert-OH is 1. The molecule has 2 N–H and O–H groups in total. The molecule has 0 aliphatic heterocycles. The van der Waals surface area contributed by atoms with E-state index in [0.29, 0.717) is 36.9 Å². The fourth-order valence-electron chi connectivity index (χ4n) is 4.49. The maximum Gasteiger partial charge on any atom is 0.305 e. The predicted octanol–water partition coefficient (Wildman–Crippen LogP) is 3.81. The van der Waals surface area contributed by atoms with Crippen molar-refractivity contribution in [2.24, 2.45) is 23.7 Å². The largest absolute Gasteiger partial charge is 0.469 e. The van der Waals surface area contributed by atoms with Gasteiger partial charge in [-0.25, -0.2) is 0 Å². The first-order valence-electron chi connectivity index (χ1n) is 11.0. The zero-order chi connectivity index (χ0) is 20.7. The van der Waals surface area contributed by atoms with Crippen LogP contribution in [0.25, 0.3) is 0 Å². The molecule has 2 saturated carbocycles. The summed E-state index contributed by atoms with van der Waals surface area (Å²) in [5.41, 5.74) is -1.12. The van der Waals surface area contributed by atoms with Crippen LogP contribution in [0.15, 0.2) is 12.2 Å². The van der Waals surface area contributed by atoms with Gasteiger partial charge < -0.3 is 14.9 Å². The lowest BCUT2D eigenvalue weighted by molar-refractivity contribution is -0.140. The number of aliphatic hydroxyl groups is 2. The third-order valence-electron chi connectivity index (χ3n) is 6.73. The first-order valence-corrected chi connectivity index (χ1v) is 11.0. The van der Waals surface area contributed by atoms with Gasteiger partial charge in [-0.1, -0.05) is 31.9 Å². The van der Waals surface area contributed by atoms with Crippen LogP contribution in [0.5, 0.6) is 0 Å². The molecular weight excluding hydrogens is 356 g/mol. The minimum atomic E-state index is -1.12. The first kappa shape index (κ1) is 23.1. The Morgan fingerprint density at radius 3 is 2.71 bits per heavy atom. The molecular formula is C23H38O5. The fourth-order valence-corrected chi connectivity index (χ4v) is 4.49. The highest BCUT2D eigenvalue weighted by Gasteiger charge is 2.39. The topological polar surface area (TPSA) is 83.8 Å². The highest BCUT2D eigenvalue weighted by atomic mass is 16.5. The van der Waals surface area contributed by atoms with Gasteiger partial charge in [0.2, 0.25) is 0 Å². The molecule has 0 amide bonds. The number of ether oxygens (including phenoxy) is 1. The van der Waals surface area contributed by atoms with Gasteiger partial charge in [-0.05, 0) is 63.2 Å². The van der Waals surface area contributed by atoms with E-state index < -0.39 is 11.7 Å². The lowest BCUT2D eigenvalue weighted by Crippen LogP contribution is -2.37. The standard InChI is InChI=1S/C23H38O5/c1-4-5-14-23(2,27)21(25)12-8-16-7-11-20(24)19(16)10-6-17-15-18(17)9-13-22(26)28-3/h8,12,16-19,21,25,27H,4-7,9-11,13-15H2,1-3H3/b12-8+/t16?,17?,18?,19?,21-,23?/m1/s1. The van der Waals surface area contributed by atoms with E-state index in [1.54, 1.807) is 13.0 Å². The van der Waals surface area contributed by atoms with Crippen LogP contribution in [-0.4, -0.2) is 40.8 Å². The normalized spacial score (nSPS) is 30.4. The molecule has 0 bridgehead atoms. The Morgan fingerprint density at radius 2 is 2.04 bits per heavy atom. The van der Waals surface area contributed by atoms with Crippen molar-refractivity contribution in [3.8, 4) is 0 Å². The van der Waals surface area contributed by atoms with Gasteiger partial charge in [0.25, 0.3) is 0 Å². The molecule has 0 spiro atoms. The van der Waals surface area contributed by atoms with Crippen molar-refractivity contribution in [1.29, 1.82) is 0 Å². The first-order chi connectivity index (χ1) is 13.3. The van der Waals surface area contributed by atoms with Gasteiger partial charge in [0.15, 0.2) is 0 Å². The molecule has 0 aromatic heterocycles. The van der Waals surface area contributed by atoms with Crippen molar-refractivity contribution in [1.82, 2.24) is 0 Å². The molecule has 28 heavy (non-hydrogen) atoms. The summed E-state index contributed by atoms with van der Waals surface area (Å²) in [6, 6.07) is 0. The number of allylic oxidation sites excluding steroid dienone is 1. The number of hydrogen-bond acceptors (Lipinski definition) is 5. The van der Waals surface area contributed by atoms with Gasteiger partial charge in [0, 0.05) is 18.8 Å². The second kappa shape index (κ2) is 10.5. The number of carbonyl (C=O) groups excluding carboxylic acids is 2. The van der Waals surface area contributed by atoms with Crippen molar-refractivity contribution in [3.63, 3.8) is 0 Å². The summed E-state index contributed by atoms with van der Waals surface area (Å²) in [7, 11) is 1.42. The lowest BCUT2D eigenvalue weighted by Gasteiger charge is -2.27. The minimum absolute atomic E-state index is 0.0332. The van der Waals surface area contributed by atoms with E-state index in [2.05, 4.69) is 6.92 Å². The van der Waals surface area contributed by atoms with Crippen LogP contribution >= 0.6 is 0 Å². The Morgan fingerprint density at radius 1 is 1.32 bits per heavy atom. The highest BCUT2D eigenvalue weighted by molar-refractivity contribution is 5.83. The molecule has 6 atom stereocenters. The highest BCUT2D eigenvalue weighted by Crippen LogP contribution is 2.47. The second-order valence-corrected chi connectivity index (χ2v) is 9.01. The number of hydrogen-bond donors (Lipinski definition) is 2. The van der Waals surface area contributed by atoms with Crippen LogP contribution in [0, 0.1) is 23.7 Å². The van der Waals surface area contributed by atoms with Crippen LogP contribution in [0.3, 0.4) is 0 Å². The SMILES string of the molecule is CCCCC(C)(O)[C@H](O)/C=C/C1CCC(=O)C1CCC1CC1CCC(=O)OC. The van der Waals surface area contributed by atoms with E-state index >= 15 is 0 Å². The number of methoxy groups -OCH3 is 1. The molecule has 5 nitrogen and oxygen atoms in total. The van der Waals surface area contributed by atoms with Gasteiger partial charge in [-0.15, -0.1) is 0 Å². The van der Waals surface area contributed by atoms with Crippen molar-refractivity contribution in [2.75, 3.05) is 7.11 Å². The second-order valence-electron chi connectivity index (χ2n) is 9.01. The predicted molar refractivity (Wildman–Crippen MR) is 109 cm³/mol. The molecule has 5 heteroatoms. The molecule has 0 aromatic rings. The van der Waals surface area contributed by atoms with Crippen molar-refractivity contribution < 1.29 is 24.5 Å². The third-order valence-corrected chi connectivity index (χ3v) is 6.73. The summed E-state index contributed by atoms with van der Waals surface area (Å²) in [5, 5.41) is 20.8. The van der Waals surface area contributed by atoms with E-state index in [0.717, 1.165) is 44.9 Å². The average molecular weight is 395 g/mol. The third kappa shape index (κ3) is 6.70. The molecule has 5 unspecified atom stereocenters. The monoisotopic (exact) mass is 394 g/mol. The summed E-state index contributed by atoms with van der Waals surface area (Å²) >= 11 is 0. The number of carbonyl (C=O) groups is 2. The maximum atomic E-state index is 12.3. The Balaban J connectivity index is 1.79. The van der Waals surface area contributed by atoms with Crippen LogP contribution in [0.2, 0.25) is 0 Å². The zero-order valence-electron chi connectivity index (χ0n) is 17.7. The smallest absolute Gasteiger partial charge is 0.305 e. The molecule has 0 heterocycles. The maximum absolute atomic E-state index is 12.3. The molecule has 0 radical (unpaired) electrons. The Kier molecular flexibility index (Phi) is 8.69. The fraction of sp³-hybridized carbons (Fsp3) is 0.826. The molecule has 2 aliphatic rings. The zero-order valence-corrected chi connectivity index (χ0v) is 17.7. The summed E-state index contributed by atoms with van der Waals surface area (Å²) in [6.07, 6.45) is 11.1. The lowest BCUT2D eigenvalue weighted by atomic mass is 9.87. The van der Waals surface area contributed by atoms with Gasteiger partial charge in [0.05, 0.1) is 12.7 Å². The van der Waals surface area contributed by atoms with Gasteiger partial charge >= 0.3 is 5.97 Å². The van der Waals surface area contributed by atoms with Crippen molar-refractivity contribution >= 4 is 11.8 Å². The summed E-state index contributed by atoms with van der Waals surface area (Å²) in [4.78, 5) is 23.6. The van der Waals surface area contributed by atoms with Crippen LogP contribution in [0.4, 0.5) is 0 Å². The van der Waals surface area contributed by atoms with E-state index in [9.17, 15) is 19.8 Å². The average Bonchev–Trinajstić information content (AvgIpc) is 3.34. The van der Waals surface area contributed by atoms with Gasteiger partial charge in [0.1, 0.15) is 11.9 Å². The number of unbranched alkanes of at least 4 members (excludes halogenated alkanes) is 1. The number of esters is 1. The summed E-state index contributed by atoms with van der Waals surface area (Å²) in [5.74, 6) is 1.61. The Hall–Kier alpha value is -1.20. The van der Waals surface area contributed by atoms with E-state index in [4.69, 9.17) is 4.74 Å². The molecule has 0 aromatic carbocycles. The summed E-state index contributed by atoms with van der Waals surface area (Å²) < 4.78 is 4.70. The van der Waals surface area contributed by atoms with Crippen LogP contribution in [-0.2, 0) is 14.3 Å². The van der Waals surface area contributed by atoms with Gasteiger partial charge in [-0.3, -0.25) is 9.59 Å². The Labute approximate surface area is 169 Å². The van der Waals surface area contributed by atoms with E-state index in [1.165, 1.54) is 7.11 Å². The number of Topliss-reactive ketones (excluding diaryl/α,β-unsaturated/α-hetero) is 1. The molecule has 160 valence electrons. The summed E-state index contributed by atoms with van der Waals surface area (Å²) in [6.45, 7) is 3.74.